The van der Waals surface area contributed by atoms with Crippen molar-refractivity contribution >= 4 is 32.5 Å². The van der Waals surface area contributed by atoms with Crippen LogP contribution in [0.4, 0.5) is 10.1 Å². The number of benzene rings is 2. The fourth-order valence-electron chi connectivity index (χ4n) is 5.88. The van der Waals surface area contributed by atoms with Gasteiger partial charge in [0.1, 0.15) is 5.82 Å². The molecular formula is C30H32FN5O5S. The van der Waals surface area contributed by atoms with Gasteiger partial charge in [-0.15, -0.1) is 0 Å². The van der Waals surface area contributed by atoms with Crippen LogP contribution in [0.2, 0.25) is 0 Å². The van der Waals surface area contributed by atoms with E-state index in [0.717, 1.165) is 0 Å². The molecule has 0 aliphatic carbocycles. The number of halogens is 1. The maximum Gasteiger partial charge on any atom is 0.254 e. The molecule has 1 amide bonds. The number of amides is 1. The number of pyridine rings is 1. The second kappa shape index (κ2) is 10.9. The summed E-state index contributed by atoms with van der Waals surface area (Å²) in [5.41, 5.74) is 3.27. The van der Waals surface area contributed by atoms with E-state index < -0.39 is 9.84 Å². The molecule has 42 heavy (non-hydrogen) atoms. The Labute approximate surface area is 243 Å². The van der Waals surface area contributed by atoms with Crippen molar-refractivity contribution < 1.29 is 27.1 Å². The van der Waals surface area contributed by atoms with Gasteiger partial charge in [-0.1, -0.05) is 12.1 Å². The monoisotopic (exact) mass is 593 g/mol. The average Bonchev–Trinajstić information content (AvgIpc) is 3.54. The van der Waals surface area contributed by atoms with Crippen LogP contribution in [0.1, 0.15) is 28.5 Å². The average molecular weight is 594 g/mol. The minimum atomic E-state index is -3.18. The molecule has 2 aliphatic heterocycles. The van der Waals surface area contributed by atoms with Gasteiger partial charge in [-0.3, -0.25) is 4.79 Å². The number of methoxy groups -OCH3 is 2. The molecule has 12 heteroatoms. The molecule has 220 valence electrons. The zero-order valence-corrected chi connectivity index (χ0v) is 24.5. The number of aromatic nitrogens is 3. The van der Waals surface area contributed by atoms with Crippen molar-refractivity contribution in [3.8, 4) is 22.8 Å². The van der Waals surface area contributed by atoms with E-state index in [1.54, 1.807) is 60.2 Å². The summed E-state index contributed by atoms with van der Waals surface area (Å²) in [6, 6.07) is 13.4. The van der Waals surface area contributed by atoms with E-state index in [2.05, 4.69) is 0 Å². The number of anilines is 1. The number of carbonyl (C=O) groups is 1. The van der Waals surface area contributed by atoms with Crippen LogP contribution in [0, 0.1) is 12.7 Å². The van der Waals surface area contributed by atoms with Gasteiger partial charge in [0.05, 0.1) is 59.8 Å². The Bertz CT molecular complexity index is 1780. The number of ether oxygens (including phenoxy) is 2. The fraction of sp³-hybridized carbons (Fsp3) is 0.367. The van der Waals surface area contributed by atoms with Crippen LogP contribution in [-0.4, -0.2) is 85.9 Å². The van der Waals surface area contributed by atoms with E-state index >= 15 is 0 Å². The Morgan fingerprint density at radius 1 is 1.00 bits per heavy atom. The van der Waals surface area contributed by atoms with E-state index in [4.69, 9.17) is 19.6 Å². The molecule has 0 radical (unpaired) electrons. The Morgan fingerprint density at radius 2 is 1.74 bits per heavy atom. The summed E-state index contributed by atoms with van der Waals surface area (Å²) in [6.45, 7) is 3.61. The second-order valence-electron chi connectivity index (χ2n) is 10.6. The highest BCUT2D eigenvalue weighted by molar-refractivity contribution is 7.91. The lowest BCUT2D eigenvalue weighted by atomic mass is 10.0. The van der Waals surface area contributed by atoms with Gasteiger partial charge in [-0.25, -0.2) is 22.5 Å². The number of fused-ring (bicyclic) bond motifs is 1. The Hall–Kier alpha value is -4.19. The summed E-state index contributed by atoms with van der Waals surface area (Å²) in [7, 11) is -0.0766. The van der Waals surface area contributed by atoms with Crippen molar-refractivity contribution in [3.05, 3.63) is 65.6 Å². The first-order chi connectivity index (χ1) is 20.2. The number of rotatable bonds is 6. The highest BCUT2D eigenvalue weighted by Crippen LogP contribution is 2.36. The predicted molar refractivity (Wildman–Crippen MR) is 158 cm³/mol. The largest absolute Gasteiger partial charge is 0.493 e. The third kappa shape index (κ3) is 5.04. The summed E-state index contributed by atoms with van der Waals surface area (Å²) in [4.78, 5) is 22.8. The van der Waals surface area contributed by atoms with E-state index in [9.17, 15) is 17.6 Å². The van der Waals surface area contributed by atoms with Gasteiger partial charge >= 0.3 is 0 Å². The predicted octanol–water partition coefficient (Wildman–Crippen LogP) is 3.89. The van der Waals surface area contributed by atoms with Crippen molar-refractivity contribution in [2.75, 3.05) is 56.8 Å². The van der Waals surface area contributed by atoms with Gasteiger partial charge in [0.2, 0.25) is 0 Å². The molecule has 1 unspecified atom stereocenters. The van der Waals surface area contributed by atoms with Crippen molar-refractivity contribution in [3.63, 3.8) is 0 Å². The summed E-state index contributed by atoms with van der Waals surface area (Å²) in [6.07, 6.45) is 0.433. The molecular weight excluding hydrogens is 561 g/mol. The first kappa shape index (κ1) is 28.0. The summed E-state index contributed by atoms with van der Waals surface area (Å²) in [5.74, 6) is 0.672. The Morgan fingerprint density at radius 3 is 2.40 bits per heavy atom. The molecule has 0 saturated carbocycles. The summed E-state index contributed by atoms with van der Waals surface area (Å²) < 4.78 is 51.6. The molecule has 2 aliphatic rings. The number of nitrogens with zero attached hydrogens (tertiary/aromatic N) is 5. The molecule has 2 fully saturated rings. The molecule has 10 nitrogen and oxygen atoms in total. The SMILES string of the molecule is COc1ccc(-c2cc(C(=O)N3CCN(c4ccccc4F)CC3)c3c(C)nn(C4CCS(=O)(=O)C4)c3n2)cc1OC. The molecule has 0 spiro atoms. The standard InChI is InChI=1S/C30H32FN5O5S/c1-19-28-22(30(37)35-13-11-34(12-14-35)25-7-5-4-6-23(25)31)17-24(20-8-9-26(40-2)27(16-20)41-3)32-29(28)36(33-19)21-10-15-42(38,39)18-21/h4-9,16-17,21H,10-15,18H2,1-3H3. The number of hydrogen-bond donors (Lipinski definition) is 0. The van der Waals surface area contributed by atoms with Crippen molar-refractivity contribution in [1.29, 1.82) is 0 Å². The molecule has 2 aromatic heterocycles. The quantitative estimate of drug-likeness (QED) is 0.332. The first-order valence-corrected chi connectivity index (χ1v) is 15.6. The lowest BCUT2D eigenvalue weighted by molar-refractivity contribution is 0.0748. The van der Waals surface area contributed by atoms with Crippen LogP contribution in [0.25, 0.3) is 22.3 Å². The third-order valence-electron chi connectivity index (χ3n) is 8.06. The Balaban J connectivity index is 1.42. The van der Waals surface area contributed by atoms with Gasteiger partial charge in [-0.05, 0) is 49.7 Å². The van der Waals surface area contributed by atoms with Crippen molar-refractivity contribution in [2.24, 2.45) is 0 Å². The summed E-state index contributed by atoms with van der Waals surface area (Å²) >= 11 is 0. The third-order valence-corrected chi connectivity index (χ3v) is 9.81. The maximum absolute atomic E-state index is 14.4. The van der Waals surface area contributed by atoms with Crippen molar-refractivity contribution in [1.82, 2.24) is 19.7 Å². The van der Waals surface area contributed by atoms with Crippen LogP contribution in [0.5, 0.6) is 11.5 Å². The van der Waals surface area contributed by atoms with E-state index in [0.29, 0.717) is 83.3 Å². The highest BCUT2D eigenvalue weighted by atomic mass is 32.2. The topological polar surface area (TPSA) is 107 Å². The number of carbonyl (C=O) groups excluding carboxylic acids is 1. The highest BCUT2D eigenvalue weighted by Gasteiger charge is 2.33. The lowest BCUT2D eigenvalue weighted by Crippen LogP contribution is -2.49. The molecule has 4 aromatic rings. The Kier molecular flexibility index (Phi) is 7.25. The van der Waals surface area contributed by atoms with E-state index in [1.807, 2.05) is 17.9 Å². The fourth-order valence-corrected chi connectivity index (χ4v) is 7.57. The van der Waals surface area contributed by atoms with Crippen LogP contribution in [0.15, 0.2) is 48.5 Å². The first-order valence-electron chi connectivity index (χ1n) is 13.8. The minimum Gasteiger partial charge on any atom is -0.493 e. The minimum absolute atomic E-state index is 0.0211. The maximum atomic E-state index is 14.4. The normalized spacial score (nSPS) is 18.4. The van der Waals surface area contributed by atoms with Gasteiger partial charge < -0.3 is 19.3 Å². The molecule has 1 atom stereocenters. The molecule has 2 aromatic carbocycles. The summed E-state index contributed by atoms with van der Waals surface area (Å²) in [5, 5.41) is 5.31. The van der Waals surface area contributed by atoms with Gasteiger partial charge in [0.15, 0.2) is 27.0 Å². The van der Waals surface area contributed by atoms with Crippen LogP contribution in [0.3, 0.4) is 0 Å². The second-order valence-corrected chi connectivity index (χ2v) is 12.9. The lowest BCUT2D eigenvalue weighted by Gasteiger charge is -2.36. The molecule has 2 saturated heterocycles. The van der Waals surface area contributed by atoms with Crippen LogP contribution >= 0.6 is 0 Å². The molecule has 6 rings (SSSR count). The number of aryl methyl sites for hydroxylation is 1. The number of sulfone groups is 1. The number of hydrogen-bond acceptors (Lipinski definition) is 8. The zero-order valence-electron chi connectivity index (χ0n) is 23.7. The smallest absolute Gasteiger partial charge is 0.254 e. The molecule has 4 heterocycles. The van der Waals surface area contributed by atoms with Gasteiger partial charge in [0, 0.05) is 31.7 Å². The number of piperazine rings is 1. The van der Waals surface area contributed by atoms with E-state index in [1.165, 1.54) is 6.07 Å². The van der Waals surface area contributed by atoms with Gasteiger partial charge in [-0.2, -0.15) is 5.10 Å². The van der Waals surface area contributed by atoms with Crippen LogP contribution in [-0.2, 0) is 9.84 Å². The van der Waals surface area contributed by atoms with Crippen LogP contribution < -0.4 is 14.4 Å². The van der Waals surface area contributed by atoms with Crippen molar-refractivity contribution in [2.45, 2.75) is 19.4 Å². The van der Waals surface area contributed by atoms with E-state index in [-0.39, 0.29) is 29.3 Å². The molecule has 0 bridgehead atoms. The number of para-hydroxylation sites is 1. The van der Waals surface area contributed by atoms with Gasteiger partial charge in [0.25, 0.3) is 5.91 Å². The zero-order chi connectivity index (χ0) is 29.6. The molecule has 0 N–H and O–H groups in total.